The third kappa shape index (κ3) is 22.5. The average Bonchev–Trinajstić information content (AvgIpc) is 2.07. The Kier molecular flexibility index (Phi) is 16.2. The van der Waals surface area contributed by atoms with Gasteiger partial charge in [0.05, 0.1) is 0 Å². The molecule has 0 fully saturated rings. The van der Waals surface area contributed by atoms with Crippen LogP contribution in [0.15, 0.2) is 0 Å². The maximum atomic E-state index is 7.92. The molecule has 0 atom stereocenters. The summed E-state index contributed by atoms with van der Waals surface area (Å²) in [6, 6.07) is 0. The quantitative estimate of drug-likeness (QED) is 0.496. The lowest BCUT2D eigenvalue weighted by molar-refractivity contribution is -0.0413. The number of aliphatic hydroxyl groups excluding tert-OH is 1. The number of hydrogen-bond donors (Lipinski definition) is 2. The molecule has 0 saturated carbocycles. The van der Waals surface area contributed by atoms with Gasteiger partial charge in [-0.05, 0) is 19.3 Å². The van der Waals surface area contributed by atoms with Crippen LogP contribution in [0, 0.1) is 0 Å². The molecule has 0 aliphatic heterocycles. The molecule has 76 valence electrons. The Hall–Kier alpha value is -0.120. The predicted molar refractivity (Wildman–Crippen MR) is 49.9 cm³/mol. The normalized spacial score (nSPS) is 9.50. The van der Waals surface area contributed by atoms with E-state index in [9.17, 15) is 0 Å². The Balaban J connectivity index is 0. The van der Waals surface area contributed by atoms with Crippen molar-refractivity contribution in [3.8, 4) is 0 Å². The van der Waals surface area contributed by atoms with E-state index in [1.54, 1.807) is 6.92 Å². The lowest BCUT2D eigenvalue weighted by atomic mass is 10.5. The molecule has 0 aliphatic rings. The molecule has 0 amide bonds. The van der Waals surface area contributed by atoms with Gasteiger partial charge in [0.1, 0.15) is 0 Å². The molecule has 0 spiro atoms. The molecule has 3 nitrogen and oxygen atoms in total. The van der Waals surface area contributed by atoms with Crippen molar-refractivity contribution >= 4 is 0 Å². The van der Waals surface area contributed by atoms with E-state index < -0.39 is 6.29 Å². The fraction of sp³-hybridized carbons (Fsp3) is 1.00. The van der Waals surface area contributed by atoms with E-state index in [0.29, 0.717) is 6.42 Å². The van der Waals surface area contributed by atoms with Crippen molar-refractivity contribution in [2.24, 2.45) is 0 Å². The van der Waals surface area contributed by atoms with Crippen LogP contribution in [0.4, 0.5) is 0 Å². The van der Waals surface area contributed by atoms with Crippen LogP contribution in [-0.4, -0.2) is 29.7 Å². The molecule has 2 N–H and O–H groups in total. The summed E-state index contributed by atoms with van der Waals surface area (Å²) in [5.41, 5.74) is 0. The van der Waals surface area contributed by atoms with Gasteiger partial charge >= 0.3 is 0 Å². The summed E-state index contributed by atoms with van der Waals surface area (Å²) in [5.74, 6) is 0. The van der Waals surface area contributed by atoms with Crippen molar-refractivity contribution in [3.05, 3.63) is 0 Å². The van der Waals surface area contributed by atoms with Crippen LogP contribution < -0.4 is 0 Å². The Morgan fingerprint density at radius 3 is 1.50 bits per heavy atom. The SMILES string of the molecule is CCC(O)O.CCCOCCC. The zero-order chi connectivity index (χ0) is 9.82. The molecule has 0 radical (unpaired) electrons. The largest absolute Gasteiger partial charge is 0.381 e. The summed E-state index contributed by atoms with van der Waals surface area (Å²) in [6.45, 7) is 7.79. The zero-order valence-electron chi connectivity index (χ0n) is 8.42. The molecule has 0 rings (SSSR count). The second-order valence-electron chi connectivity index (χ2n) is 2.50. The van der Waals surface area contributed by atoms with Crippen molar-refractivity contribution in [3.63, 3.8) is 0 Å². The van der Waals surface area contributed by atoms with Crippen LogP contribution in [0.3, 0.4) is 0 Å². The van der Waals surface area contributed by atoms with E-state index in [-0.39, 0.29) is 0 Å². The predicted octanol–water partition coefficient (Wildman–Crippen LogP) is 1.53. The summed E-state index contributed by atoms with van der Waals surface area (Å²) < 4.78 is 5.13. The van der Waals surface area contributed by atoms with Gasteiger partial charge in [-0.1, -0.05) is 20.8 Å². The molecule has 0 aromatic rings. The second-order valence-corrected chi connectivity index (χ2v) is 2.50. The van der Waals surface area contributed by atoms with Gasteiger partial charge in [0.2, 0.25) is 0 Å². The fourth-order valence-corrected chi connectivity index (χ4v) is 0.391. The molecular formula is C9H22O3. The summed E-state index contributed by atoms with van der Waals surface area (Å²) >= 11 is 0. The lowest BCUT2D eigenvalue weighted by Gasteiger charge is -1.95. The van der Waals surface area contributed by atoms with E-state index in [1.807, 2.05) is 0 Å². The third-order valence-corrected chi connectivity index (χ3v) is 1.06. The smallest absolute Gasteiger partial charge is 0.151 e. The van der Waals surface area contributed by atoms with Gasteiger partial charge in [0, 0.05) is 13.2 Å². The zero-order valence-corrected chi connectivity index (χ0v) is 8.42. The Bertz CT molecular complexity index is 60.8. The summed E-state index contributed by atoms with van der Waals surface area (Å²) in [4.78, 5) is 0. The van der Waals surface area contributed by atoms with E-state index >= 15 is 0 Å². The van der Waals surface area contributed by atoms with Crippen LogP contribution in [0.25, 0.3) is 0 Å². The molecule has 0 unspecified atom stereocenters. The van der Waals surface area contributed by atoms with Gasteiger partial charge < -0.3 is 14.9 Å². The van der Waals surface area contributed by atoms with Crippen molar-refractivity contribution in [1.29, 1.82) is 0 Å². The number of aliphatic hydroxyl groups is 2. The highest BCUT2D eigenvalue weighted by molar-refractivity contribution is 4.25. The first kappa shape index (κ1) is 14.4. The van der Waals surface area contributed by atoms with Gasteiger partial charge in [-0.25, -0.2) is 0 Å². The maximum absolute atomic E-state index is 7.92. The second kappa shape index (κ2) is 13.5. The van der Waals surface area contributed by atoms with E-state index in [1.165, 1.54) is 0 Å². The first-order valence-electron chi connectivity index (χ1n) is 4.62. The van der Waals surface area contributed by atoms with Crippen LogP contribution in [-0.2, 0) is 4.74 Å². The molecule has 12 heavy (non-hydrogen) atoms. The molecule has 0 aliphatic carbocycles. The number of ether oxygens (including phenoxy) is 1. The van der Waals surface area contributed by atoms with Crippen LogP contribution in [0.5, 0.6) is 0 Å². The van der Waals surface area contributed by atoms with Crippen molar-refractivity contribution in [2.45, 2.75) is 46.3 Å². The topological polar surface area (TPSA) is 49.7 Å². The average molecular weight is 178 g/mol. The Labute approximate surface area is 75.4 Å². The van der Waals surface area contributed by atoms with Crippen molar-refractivity contribution in [2.75, 3.05) is 13.2 Å². The highest BCUT2D eigenvalue weighted by Crippen LogP contribution is 1.81. The van der Waals surface area contributed by atoms with Gasteiger partial charge in [0.25, 0.3) is 0 Å². The van der Waals surface area contributed by atoms with Gasteiger partial charge in [-0.15, -0.1) is 0 Å². The first-order chi connectivity index (χ1) is 5.68. The monoisotopic (exact) mass is 178 g/mol. The standard InChI is InChI=1S/C6H14O.C3H8O2/c1-3-5-7-6-4-2;1-2-3(4)5/h3-6H2,1-2H3;3-5H,2H2,1H3. The van der Waals surface area contributed by atoms with E-state index in [2.05, 4.69) is 13.8 Å². The van der Waals surface area contributed by atoms with Gasteiger partial charge in [-0.3, -0.25) is 0 Å². The van der Waals surface area contributed by atoms with Gasteiger partial charge in [0.15, 0.2) is 6.29 Å². The minimum Gasteiger partial charge on any atom is -0.381 e. The molecule has 0 aromatic heterocycles. The van der Waals surface area contributed by atoms with Crippen LogP contribution in [0.1, 0.15) is 40.0 Å². The number of hydrogen-bond acceptors (Lipinski definition) is 3. The third-order valence-electron chi connectivity index (χ3n) is 1.06. The summed E-state index contributed by atoms with van der Waals surface area (Å²) in [7, 11) is 0. The lowest BCUT2D eigenvalue weighted by Crippen LogP contribution is -1.99. The highest BCUT2D eigenvalue weighted by Gasteiger charge is 1.83. The van der Waals surface area contributed by atoms with Crippen molar-refractivity contribution in [1.82, 2.24) is 0 Å². The Morgan fingerprint density at radius 2 is 1.33 bits per heavy atom. The van der Waals surface area contributed by atoms with E-state index in [4.69, 9.17) is 14.9 Å². The van der Waals surface area contributed by atoms with Crippen LogP contribution in [0.2, 0.25) is 0 Å². The number of rotatable bonds is 5. The molecule has 0 saturated heterocycles. The molecule has 0 aromatic carbocycles. The highest BCUT2D eigenvalue weighted by atomic mass is 16.5. The van der Waals surface area contributed by atoms with Crippen molar-refractivity contribution < 1.29 is 14.9 Å². The minimum absolute atomic E-state index is 0.417. The maximum Gasteiger partial charge on any atom is 0.151 e. The van der Waals surface area contributed by atoms with Crippen LogP contribution >= 0.6 is 0 Å². The molecule has 0 bridgehead atoms. The van der Waals surface area contributed by atoms with Gasteiger partial charge in [-0.2, -0.15) is 0 Å². The van der Waals surface area contributed by atoms with E-state index in [0.717, 1.165) is 26.1 Å². The minimum atomic E-state index is -1.12. The molecule has 0 heterocycles. The first-order valence-corrected chi connectivity index (χ1v) is 4.62. The fourth-order valence-electron chi connectivity index (χ4n) is 0.391. The molecular weight excluding hydrogens is 156 g/mol. The summed E-state index contributed by atoms with van der Waals surface area (Å²) in [6.07, 6.45) is 1.58. The molecule has 3 heteroatoms. The summed E-state index contributed by atoms with van der Waals surface area (Å²) in [5, 5.41) is 15.8. The Morgan fingerprint density at radius 1 is 1.00 bits per heavy atom.